The molecule has 1 N–H and O–H groups in total. The zero-order chi connectivity index (χ0) is 17.9. The van der Waals surface area contributed by atoms with Crippen LogP contribution >= 0.6 is 11.6 Å². The van der Waals surface area contributed by atoms with Crippen molar-refractivity contribution in [3.8, 4) is 0 Å². The third kappa shape index (κ3) is 3.46. The van der Waals surface area contributed by atoms with Gasteiger partial charge in [-0.15, -0.1) is 0 Å². The van der Waals surface area contributed by atoms with E-state index in [-0.39, 0.29) is 6.61 Å². The molecular formula is C18H20ClNO4. The lowest BCUT2D eigenvalue weighted by molar-refractivity contribution is -0.145. The normalized spacial score (nSPS) is 20.4. The smallest absolute Gasteiger partial charge is 0.336 e. The maximum absolute atomic E-state index is 12.5. The summed E-state index contributed by atoms with van der Waals surface area (Å²) in [5, 5.41) is 3.57. The molecule has 0 saturated carbocycles. The number of carbonyl (C=O) groups excluding carboxylic acids is 2. The van der Waals surface area contributed by atoms with Crippen LogP contribution < -0.4 is 5.32 Å². The average molecular weight is 350 g/mol. The Hall–Kier alpha value is -2.27. The largest absolute Gasteiger partial charge is 0.468 e. The summed E-state index contributed by atoms with van der Waals surface area (Å²) < 4.78 is 10.1. The highest BCUT2D eigenvalue weighted by molar-refractivity contribution is 6.30. The quantitative estimate of drug-likeness (QED) is 0.846. The van der Waals surface area contributed by atoms with Gasteiger partial charge in [-0.05, 0) is 31.5 Å². The van der Waals surface area contributed by atoms with E-state index in [4.69, 9.17) is 21.1 Å². The SMILES string of the molecule is C=C1NC(C)=C(C(=O)OCC)C(c2ccc(Cl)cc2)C1C(=O)OC. The fourth-order valence-corrected chi connectivity index (χ4v) is 3.04. The molecule has 1 heterocycles. The number of hydrogen-bond donors (Lipinski definition) is 1. The first-order valence-electron chi connectivity index (χ1n) is 7.57. The molecule has 5 nitrogen and oxygen atoms in total. The number of esters is 2. The summed E-state index contributed by atoms with van der Waals surface area (Å²) in [6, 6.07) is 7.00. The summed E-state index contributed by atoms with van der Waals surface area (Å²) >= 11 is 5.96. The van der Waals surface area contributed by atoms with E-state index in [0.717, 1.165) is 5.56 Å². The van der Waals surface area contributed by atoms with Crippen molar-refractivity contribution >= 4 is 23.5 Å². The fourth-order valence-electron chi connectivity index (χ4n) is 2.91. The van der Waals surface area contributed by atoms with Crippen molar-refractivity contribution in [2.75, 3.05) is 13.7 Å². The van der Waals surface area contributed by atoms with Crippen molar-refractivity contribution in [1.82, 2.24) is 5.32 Å². The Morgan fingerprint density at radius 3 is 2.46 bits per heavy atom. The molecular weight excluding hydrogens is 330 g/mol. The Kier molecular flexibility index (Phi) is 5.67. The molecule has 0 spiro atoms. The highest BCUT2D eigenvalue weighted by atomic mass is 35.5. The molecule has 0 amide bonds. The minimum atomic E-state index is -0.737. The van der Waals surface area contributed by atoms with Crippen LogP contribution in [0.15, 0.2) is 47.8 Å². The lowest BCUT2D eigenvalue weighted by atomic mass is 9.75. The lowest BCUT2D eigenvalue weighted by Crippen LogP contribution is -2.39. The average Bonchev–Trinajstić information content (AvgIpc) is 2.54. The van der Waals surface area contributed by atoms with E-state index in [9.17, 15) is 9.59 Å². The van der Waals surface area contributed by atoms with Gasteiger partial charge in [0, 0.05) is 22.3 Å². The first-order chi connectivity index (χ1) is 11.4. The minimum absolute atomic E-state index is 0.243. The number of methoxy groups -OCH3 is 1. The summed E-state index contributed by atoms with van der Waals surface area (Å²) in [4.78, 5) is 24.8. The molecule has 1 aliphatic heterocycles. The van der Waals surface area contributed by atoms with E-state index in [1.54, 1.807) is 38.1 Å². The van der Waals surface area contributed by atoms with Crippen LogP contribution in [0, 0.1) is 5.92 Å². The first-order valence-corrected chi connectivity index (χ1v) is 7.95. The second kappa shape index (κ2) is 7.53. The topological polar surface area (TPSA) is 64.6 Å². The second-order valence-corrected chi connectivity index (χ2v) is 5.88. The molecule has 1 aromatic rings. The van der Waals surface area contributed by atoms with Gasteiger partial charge in [-0.2, -0.15) is 0 Å². The van der Waals surface area contributed by atoms with Gasteiger partial charge in [-0.3, -0.25) is 4.79 Å². The fraction of sp³-hybridized carbons (Fsp3) is 0.333. The van der Waals surface area contributed by atoms with E-state index in [1.807, 2.05) is 0 Å². The minimum Gasteiger partial charge on any atom is -0.468 e. The molecule has 0 radical (unpaired) electrons. The predicted molar refractivity (Wildman–Crippen MR) is 91.3 cm³/mol. The maximum Gasteiger partial charge on any atom is 0.336 e. The molecule has 2 atom stereocenters. The van der Waals surface area contributed by atoms with E-state index in [2.05, 4.69) is 11.9 Å². The summed E-state index contributed by atoms with van der Waals surface area (Å²) in [5.41, 5.74) is 2.24. The number of benzene rings is 1. The van der Waals surface area contributed by atoms with Crippen LogP contribution in [0.2, 0.25) is 5.02 Å². The van der Waals surface area contributed by atoms with Gasteiger partial charge < -0.3 is 14.8 Å². The highest BCUT2D eigenvalue weighted by Gasteiger charge is 2.42. The monoisotopic (exact) mass is 349 g/mol. The zero-order valence-corrected chi connectivity index (χ0v) is 14.6. The van der Waals surface area contributed by atoms with Crippen LogP contribution in [0.4, 0.5) is 0 Å². The zero-order valence-electron chi connectivity index (χ0n) is 13.9. The molecule has 2 rings (SSSR count). The summed E-state index contributed by atoms with van der Waals surface area (Å²) in [7, 11) is 1.31. The molecule has 0 fully saturated rings. The molecule has 24 heavy (non-hydrogen) atoms. The third-order valence-electron chi connectivity index (χ3n) is 3.95. The van der Waals surface area contributed by atoms with Crippen molar-refractivity contribution in [3.63, 3.8) is 0 Å². The van der Waals surface area contributed by atoms with Crippen LogP contribution in [-0.2, 0) is 19.1 Å². The van der Waals surface area contributed by atoms with Gasteiger partial charge in [0.25, 0.3) is 0 Å². The van der Waals surface area contributed by atoms with E-state index in [0.29, 0.717) is 22.0 Å². The molecule has 1 aromatic carbocycles. The van der Waals surface area contributed by atoms with E-state index >= 15 is 0 Å². The van der Waals surface area contributed by atoms with Crippen LogP contribution in [0.1, 0.15) is 25.3 Å². The highest BCUT2D eigenvalue weighted by Crippen LogP contribution is 2.41. The van der Waals surface area contributed by atoms with E-state index in [1.165, 1.54) is 7.11 Å². The Morgan fingerprint density at radius 1 is 1.29 bits per heavy atom. The maximum atomic E-state index is 12.5. The molecule has 0 aliphatic carbocycles. The molecule has 0 bridgehead atoms. The number of halogens is 1. The Morgan fingerprint density at radius 2 is 1.92 bits per heavy atom. The molecule has 6 heteroatoms. The predicted octanol–water partition coefficient (Wildman–Crippen LogP) is 3.17. The van der Waals surface area contributed by atoms with Gasteiger partial charge in [-0.1, -0.05) is 30.3 Å². The second-order valence-electron chi connectivity index (χ2n) is 5.44. The molecule has 128 valence electrons. The Bertz CT molecular complexity index is 693. The molecule has 2 unspecified atom stereocenters. The number of nitrogens with one attached hydrogen (secondary N) is 1. The van der Waals surface area contributed by atoms with Gasteiger partial charge in [0.05, 0.1) is 19.3 Å². The van der Waals surface area contributed by atoms with Crippen molar-refractivity contribution in [2.45, 2.75) is 19.8 Å². The van der Waals surface area contributed by atoms with Crippen LogP contribution in [0.5, 0.6) is 0 Å². The number of allylic oxidation sites excluding steroid dienone is 1. The number of carbonyl (C=O) groups is 2. The van der Waals surface area contributed by atoms with Gasteiger partial charge in [0.15, 0.2) is 0 Å². The number of ether oxygens (including phenoxy) is 2. The molecule has 0 saturated heterocycles. The van der Waals surface area contributed by atoms with Crippen molar-refractivity contribution in [3.05, 3.63) is 58.4 Å². The van der Waals surface area contributed by atoms with Gasteiger partial charge >= 0.3 is 11.9 Å². The first kappa shape index (κ1) is 18.1. The van der Waals surface area contributed by atoms with Crippen molar-refractivity contribution in [1.29, 1.82) is 0 Å². The van der Waals surface area contributed by atoms with Gasteiger partial charge in [0.1, 0.15) is 5.92 Å². The van der Waals surface area contributed by atoms with Crippen molar-refractivity contribution < 1.29 is 19.1 Å². The van der Waals surface area contributed by atoms with Gasteiger partial charge in [0.2, 0.25) is 0 Å². The number of rotatable bonds is 4. The number of hydrogen-bond acceptors (Lipinski definition) is 5. The van der Waals surface area contributed by atoms with Crippen LogP contribution in [-0.4, -0.2) is 25.7 Å². The van der Waals surface area contributed by atoms with Crippen LogP contribution in [0.25, 0.3) is 0 Å². The summed E-state index contributed by atoms with van der Waals surface area (Å²) in [5.74, 6) is -2.23. The lowest BCUT2D eigenvalue weighted by Gasteiger charge is -2.34. The van der Waals surface area contributed by atoms with Gasteiger partial charge in [-0.25, -0.2) is 4.79 Å². The third-order valence-corrected chi connectivity index (χ3v) is 4.20. The Balaban J connectivity index is 2.61. The van der Waals surface area contributed by atoms with E-state index < -0.39 is 23.8 Å². The van der Waals surface area contributed by atoms with Crippen LogP contribution in [0.3, 0.4) is 0 Å². The molecule has 0 aromatic heterocycles. The standard InChI is InChI=1S/C18H20ClNO4/c1-5-24-18(22)15-11(3)20-10(2)14(17(21)23-4)16(15)12-6-8-13(19)9-7-12/h6-9,14,16,20H,2,5H2,1,3-4H3. The Labute approximate surface area is 146 Å². The van der Waals surface area contributed by atoms with Crippen molar-refractivity contribution in [2.24, 2.45) is 5.92 Å². The molecule has 1 aliphatic rings. The summed E-state index contributed by atoms with van der Waals surface area (Å²) in [6.07, 6.45) is 0. The summed E-state index contributed by atoms with van der Waals surface area (Å²) in [6.45, 7) is 7.66.